The Bertz CT molecular complexity index is 769. The Hall–Kier alpha value is -1.41. The number of carbonyl (C=O) groups excluding carboxylic acids is 1. The number of nitrogens with one attached hydrogen (secondary N) is 1. The van der Waals surface area contributed by atoms with E-state index in [0.717, 1.165) is 15.6 Å². The monoisotopic (exact) mass is 344 g/mol. The van der Waals surface area contributed by atoms with Crippen LogP contribution in [-0.2, 0) is 10.0 Å². The molecule has 0 saturated heterocycles. The first-order valence-corrected chi connectivity index (χ1v) is 8.53. The summed E-state index contributed by atoms with van der Waals surface area (Å²) in [6.07, 6.45) is 0. The highest BCUT2D eigenvalue weighted by Gasteiger charge is 2.18. The number of anilines is 1. The molecule has 21 heavy (non-hydrogen) atoms. The summed E-state index contributed by atoms with van der Waals surface area (Å²) >= 11 is 6.94. The van der Waals surface area contributed by atoms with Gasteiger partial charge in [-0.05, 0) is 30.3 Å². The average Bonchev–Trinajstić information content (AvgIpc) is 2.85. The van der Waals surface area contributed by atoms with Crippen molar-refractivity contribution in [3.05, 3.63) is 45.6 Å². The molecular weight excluding hydrogens is 332 g/mol. The minimum absolute atomic E-state index is 0.120. The highest BCUT2D eigenvalue weighted by Crippen LogP contribution is 2.23. The molecule has 5 nitrogen and oxygen atoms in total. The molecule has 112 valence electrons. The van der Waals surface area contributed by atoms with Crippen molar-refractivity contribution in [1.29, 1.82) is 0 Å². The van der Waals surface area contributed by atoms with Crippen LogP contribution in [0, 0.1) is 0 Å². The number of hydrogen-bond acceptors (Lipinski definition) is 4. The molecule has 0 unspecified atom stereocenters. The largest absolute Gasteiger partial charge is 0.321 e. The Balaban J connectivity index is 2.25. The van der Waals surface area contributed by atoms with Gasteiger partial charge < -0.3 is 5.32 Å². The number of benzene rings is 1. The van der Waals surface area contributed by atoms with Crippen molar-refractivity contribution in [2.75, 3.05) is 19.4 Å². The second kappa shape index (κ2) is 6.15. The fraction of sp³-hybridized carbons (Fsp3) is 0.154. The third kappa shape index (κ3) is 3.62. The number of carbonyl (C=O) groups is 1. The van der Waals surface area contributed by atoms with Gasteiger partial charge in [-0.3, -0.25) is 4.79 Å². The number of rotatable bonds is 4. The zero-order chi connectivity index (χ0) is 15.6. The molecule has 8 heteroatoms. The van der Waals surface area contributed by atoms with Gasteiger partial charge in [0.2, 0.25) is 10.0 Å². The van der Waals surface area contributed by atoms with E-state index in [1.165, 1.54) is 26.2 Å². The number of sulfonamides is 1. The second-order valence-corrected chi connectivity index (χ2v) is 8.24. The summed E-state index contributed by atoms with van der Waals surface area (Å²) < 4.78 is 25.7. The maximum Gasteiger partial charge on any atom is 0.265 e. The van der Waals surface area contributed by atoms with Crippen LogP contribution in [0.15, 0.2) is 41.3 Å². The highest BCUT2D eigenvalue weighted by atomic mass is 35.5. The van der Waals surface area contributed by atoms with Crippen LogP contribution in [0.2, 0.25) is 4.34 Å². The molecule has 0 aliphatic carbocycles. The van der Waals surface area contributed by atoms with Crippen molar-refractivity contribution in [2.45, 2.75) is 4.90 Å². The summed E-state index contributed by atoms with van der Waals surface area (Å²) in [5.74, 6) is -0.327. The van der Waals surface area contributed by atoms with E-state index in [-0.39, 0.29) is 10.8 Å². The van der Waals surface area contributed by atoms with Gasteiger partial charge in [0.25, 0.3) is 5.91 Å². The summed E-state index contributed by atoms with van der Waals surface area (Å²) in [7, 11) is -0.627. The molecule has 1 amide bonds. The fourth-order valence-corrected chi connectivity index (χ4v) is 3.46. The van der Waals surface area contributed by atoms with E-state index in [4.69, 9.17) is 11.6 Å². The molecular formula is C13H13ClN2O3S2. The van der Waals surface area contributed by atoms with Gasteiger partial charge in [0, 0.05) is 19.8 Å². The molecule has 1 aromatic carbocycles. The van der Waals surface area contributed by atoms with Gasteiger partial charge in [0.05, 0.1) is 14.1 Å². The summed E-state index contributed by atoms with van der Waals surface area (Å²) in [5, 5.41) is 2.65. The Labute approximate surface area is 132 Å². The van der Waals surface area contributed by atoms with E-state index in [1.54, 1.807) is 24.3 Å². The van der Waals surface area contributed by atoms with Crippen LogP contribution >= 0.6 is 22.9 Å². The maximum atomic E-state index is 12.0. The molecule has 0 saturated carbocycles. The molecule has 0 bridgehead atoms. The lowest BCUT2D eigenvalue weighted by atomic mass is 10.3. The molecule has 0 fully saturated rings. The van der Waals surface area contributed by atoms with E-state index in [9.17, 15) is 13.2 Å². The molecule has 0 radical (unpaired) electrons. The standard InChI is InChI=1S/C13H13ClN2O3S2/c1-16(2)21(18,19)10-5-3-4-9(8-10)15-13(17)11-6-7-12(14)20-11/h3-8H,1-2H3,(H,15,17). The summed E-state index contributed by atoms with van der Waals surface area (Å²) in [4.78, 5) is 12.6. The SMILES string of the molecule is CN(C)S(=O)(=O)c1cccc(NC(=O)c2ccc(Cl)s2)c1. The van der Waals surface area contributed by atoms with Crippen LogP contribution in [0.3, 0.4) is 0 Å². The molecule has 0 spiro atoms. The van der Waals surface area contributed by atoms with E-state index in [2.05, 4.69) is 5.32 Å². The van der Waals surface area contributed by atoms with Crippen molar-refractivity contribution in [1.82, 2.24) is 4.31 Å². The molecule has 0 atom stereocenters. The predicted octanol–water partition coefficient (Wildman–Crippen LogP) is 2.90. The van der Waals surface area contributed by atoms with Crippen LogP contribution in [0.4, 0.5) is 5.69 Å². The Morgan fingerprint density at radius 2 is 1.95 bits per heavy atom. The van der Waals surface area contributed by atoms with Gasteiger partial charge in [-0.1, -0.05) is 17.7 Å². The van der Waals surface area contributed by atoms with Crippen molar-refractivity contribution < 1.29 is 13.2 Å². The molecule has 0 aliphatic heterocycles. The third-order valence-electron chi connectivity index (χ3n) is 2.67. The summed E-state index contributed by atoms with van der Waals surface area (Å²) in [5.41, 5.74) is 0.410. The smallest absolute Gasteiger partial charge is 0.265 e. The second-order valence-electron chi connectivity index (χ2n) is 4.37. The topological polar surface area (TPSA) is 66.5 Å². The molecule has 2 rings (SSSR count). The number of hydrogen-bond donors (Lipinski definition) is 1. The van der Waals surface area contributed by atoms with Crippen LogP contribution < -0.4 is 5.32 Å². The molecule has 0 aliphatic rings. The predicted molar refractivity (Wildman–Crippen MR) is 84.6 cm³/mol. The lowest BCUT2D eigenvalue weighted by molar-refractivity contribution is 0.103. The normalized spacial score (nSPS) is 11.6. The van der Waals surface area contributed by atoms with Crippen molar-refractivity contribution >= 4 is 44.6 Å². The number of amides is 1. The van der Waals surface area contributed by atoms with Crippen molar-refractivity contribution in [2.24, 2.45) is 0 Å². The highest BCUT2D eigenvalue weighted by molar-refractivity contribution is 7.89. The Morgan fingerprint density at radius 3 is 2.52 bits per heavy atom. The first kappa shape index (κ1) is 16.0. The molecule has 2 aromatic rings. The van der Waals surface area contributed by atoms with Crippen molar-refractivity contribution in [3.63, 3.8) is 0 Å². The molecule has 1 N–H and O–H groups in total. The number of thiophene rings is 1. The van der Waals surface area contributed by atoms with Gasteiger partial charge >= 0.3 is 0 Å². The number of nitrogens with zero attached hydrogens (tertiary/aromatic N) is 1. The van der Waals surface area contributed by atoms with E-state index in [1.807, 2.05) is 0 Å². The van der Waals surface area contributed by atoms with Gasteiger partial charge in [0.1, 0.15) is 0 Å². The number of halogens is 1. The third-order valence-corrected chi connectivity index (χ3v) is 5.71. The molecule has 1 heterocycles. The Morgan fingerprint density at radius 1 is 1.24 bits per heavy atom. The van der Waals surface area contributed by atoms with Gasteiger partial charge in [-0.15, -0.1) is 11.3 Å². The molecule has 1 aromatic heterocycles. The van der Waals surface area contributed by atoms with Crippen LogP contribution in [0.25, 0.3) is 0 Å². The van der Waals surface area contributed by atoms with Gasteiger partial charge in [0.15, 0.2) is 0 Å². The van der Waals surface area contributed by atoms with Gasteiger partial charge in [-0.2, -0.15) is 0 Å². The summed E-state index contributed by atoms with van der Waals surface area (Å²) in [6, 6.07) is 9.35. The Kier molecular flexibility index (Phi) is 4.67. The quantitative estimate of drug-likeness (QED) is 0.927. The lowest BCUT2D eigenvalue weighted by Gasteiger charge is -2.12. The summed E-state index contributed by atoms with van der Waals surface area (Å²) in [6.45, 7) is 0. The van der Waals surface area contributed by atoms with E-state index in [0.29, 0.717) is 14.9 Å². The average molecular weight is 345 g/mol. The van der Waals surface area contributed by atoms with E-state index < -0.39 is 10.0 Å². The minimum Gasteiger partial charge on any atom is -0.321 e. The first-order valence-electron chi connectivity index (χ1n) is 5.90. The van der Waals surface area contributed by atoms with Gasteiger partial charge in [-0.25, -0.2) is 12.7 Å². The van der Waals surface area contributed by atoms with E-state index >= 15 is 0 Å². The maximum absolute atomic E-state index is 12.0. The lowest BCUT2D eigenvalue weighted by Crippen LogP contribution is -2.22. The zero-order valence-electron chi connectivity index (χ0n) is 11.3. The van der Waals surface area contributed by atoms with Crippen LogP contribution in [0.5, 0.6) is 0 Å². The van der Waals surface area contributed by atoms with Crippen LogP contribution in [-0.4, -0.2) is 32.7 Å². The van der Waals surface area contributed by atoms with Crippen molar-refractivity contribution in [3.8, 4) is 0 Å². The minimum atomic E-state index is -3.53. The zero-order valence-corrected chi connectivity index (χ0v) is 13.7. The fourth-order valence-electron chi connectivity index (χ4n) is 1.57. The first-order chi connectivity index (χ1) is 9.80. The van der Waals surface area contributed by atoms with Crippen LogP contribution in [0.1, 0.15) is 9.67 Å².